The Morgan fingerprint density at radius 3 is 2.71 bits per heavy atom. The van der Waals surface area contributed by atoms with Gasteiger partial charge < -0.3 is 0 Å². The summed E-state index contributed by atoms with van der Waals surface area (Å²) in [5.74, 6) is 0. The first-order valence-corrected chi connectivity index (χ1v) is 6.72. The van der Waals surface area contributed by atoms with Crippen molar-refractivity contribution in [3.05, 3.63) is 0 Å². The molecule has 0 fully saturated rings. The molecule has 0 atom stereocenters. The first-order valence-electron chi connectivity index (χ1n) is 2.70. The SMILES string of the molecule is CCCC[O][Sn][CH3]. The molecule has 0 bridgehead atoms. The minimum absolute atomic E-state index is 0.323. The molecule has 0 amide bonds. The standard InChI is InChI=1S/C4H9O.CH3.Sn/c1-2-3-4-5;;/h2-4H2,1H3;1H3;/q-1;;+1. The van der Waals surface area contributed by atoms with Gasteiger partial charge in [-0.2, -0.15) is 0 Å². The molecule has 0 spiro atoms. The van der Waals surface area contributed by atoms with Crippen molar-refractivity contribution in [2.75, 3.05) is 6.61 Å². The normalized spacial score (nSPS) is 9.43. The number of unbranched alkanes of at least 4 members (excludes halogenated alkanes) is 1. The van der Waals surface area contributed by atoms with Gasteiger partial charge in [0, 0.05) is 0 Å². The second-order valence-electron chi connectivity index (χ2n) is 1.41. The molecule has 0 aromatic rings. The molecular formula is C5H12OSn. The van der Waals surface area contributed by atoms with Crippen LogP contribution in [0.25, 0.3) is 0 Å². The molecule has 42 valence electrons. The Labute approximate surface area is 56.2 Å². The van der Waals surface area contributed by atoms with E-state index in [1.54, 1.807) is 0 Å². The van der Waals surface area contributed by atoms with Gasteiger partial charge in [-0.15, -0.1) is 0 Å². The van der Waals surface area contributed by atoms with Crippen LogP contribution in [0, 0.1) is 0 Å². The number of hydrogen-bond donors (Lipinski definition) is 0. The molecule has 0 unspecified atom stereocenters. The first-order chi connectivity index (χ1) is 3.41. The van der Waals surface area contributed by atoms with E-state index >= 15 is 0 Å². The molecule has 0 saturated carbocycles. The van der Waals surface area contributed by atoms with E-state index in [1.807, 2.05) is 0 Å². The monoisotopic (exact) mass is 208 g/mol. The molecular weight excluding hydrogens is 195 g/mol. The molecule has 0 N–H and O–H groups in total. The topological polar surface area (TPSA) is 9.23 Å². The summed E-state index contributed by atoms with van der Waals surface area (Å²) in [5, 5.41) is 0. The molecule has 0 heterocycles. The molecule has 0 saturated heterocycles. The van der Waals surface area contributed by atoms with Crippen LogP contribution >= 0.6 is 0 Å². The van der Waals surface area contributed by atoms with Crippen LogP contribution in [0.3, 0.4) is 0 Å². The van der Waals surface area contributed by atoms with E-state index in [1.165, 1.54) is 12.8 Å². The van der Waals surface area contributed by atoms with E-state index in [-0.39, 0.29) is 21.6 Å². The van der Waals surface area contributed by atoms with E-state index < -0.39 is 0 Å². The third-order valence-electron chi connectivity index (χ3n) is 0.744. The summed E-state index contributed by atoms with van der Waals surface area (Å²) >= 11 is -0.323. The van der Waals surface area contributed by atoms with Gasteiger partial charge in [0.2, 0.25) is 0 Å². The number of hydrogen-bond acceptors (Lipinski definition) is 1. The summed E-state index contributed by atoms with van der Waals surface area (Å²) in [5.41, 5.74) is 0. The summed E-state index contributed by atoms with van der Waals surface area (Å²) in [6.07, 6.45) is 2.51. The average Bonchev–Trinajstić information content (AvgIpc) is 1.69. The van der Waals surface area contributed by atoms with Crippen molar-refractivity contribution in [2.45, 2.75) is 24.7 Å². The van der Waals surface area contributed by atoms with Crippen LogP contribution in [-0.4, -0.2) is 28.2 Å². The van der Waals surface area contributed by atoms with Crippen LogP contribution in [0.15, 0.2) is 0 Å². The van der Waals surface area contributed by atoms with Crippen LogP contribution in [0.4, 0.5) is 0 Å². The fourth-order valence-electron chi connectivity index (χ4n) is 0.319. The zero-order valence-electron chi connectivity index (χ0n) is 5.03. The van der Waals surface area contributed by atoms with Gasteiger partial charge in [0.15, 0.2) is 0 Å². The third-order valence-corrected chi connectivity index (χ3v) is 2.15. The van der Waals surface area contributed by atoms with Gasteiger partial charge in [-0.25, -0.2) is 0 Å². The minimum atomic E-state index is -0.323. The van der Waals surface area contributed by atoms with Gasteiger partial charge in [-0.1, -0.05) is 0 Å². The van der Waals surface area contributed by atoms with E-state index in [4.69, 9.17) is 3.07 Å². The maximum absolute atomic E-state index is 5.24. The van der Waals surface area contributed by atoms with Crippen LogP contribution < -0.4 is 0 Å². The number of rotatable bonds is 4. The maximum atomic E-state index is 5.24. The van der Waals surface area contributed by atoms with E-state index in [0.29, 0.717) is 0 Å². The second kappa shape index (κ2) is 6.76. The summed E-state index contributed by atoms with van der Waals surface area (Å²) in [6.45, 7) is 3.20. The van der Waals surface area contributed by atoms with Crippen molar-refractivity contribution in [3.63, 3.8) is 0 Å². The van der Waals surface area contributed by atoms with Crippen molar-refractivity contribution in [1.82, 2.24) is 0 Å². The van der Waals surface area contributed by atoms with Crippen LogP contribution in [-0.2, 0) is 3.07 Å². The fraction of sp³-hybridized carbons (Fsp3) is 1.00. The quantitative estimate of drug-likeness (QED) is 0.500. The summed E-state index contributed by atoms with van der Waals surface area (Å²) in [4.78, 5) is 2.19. The zero-order chi connectivity index (χ0) is 5.54. The molecule has 7 heavy (non-hydrogen) atoms. The van der Waals surface area contributed by atoms with E-state index in [0.717, 1.165) is 6.61 Å². The van der Waals surface area contributed by atoms with E-state index in [9.17, 15) is 0 Å². The van der Waals surface area contributed by atoms with Crippen molar-refractivity contribution in [3.8, 4) is 0 Å². The Morgan fingerprint density at radius 2 is 2.29 bits per heavy atom. The Kier molecular flexibility index (Phi) is 7.49. The molecule has 0 aromatic heterocycles. The van der Waals surface area contributed by atoms with E-state index in [2.05, 4.69) is 11.9 Å². The predicted molar refractivity (Wildman–Crippen MR) is 32.5 cm³/mol. The summed E-state index contributed by atoms with van der Waals surface area (Å²) in [7, 11) is 0. The molecule has 2 heteroatoms. The zero-order valence-corrected chi connectivity index (χ0v) is 7.88. The molecule has 1 nitrogen and oxygen atoms in total. The molecule has 0 aliphatic carbocycles. The summed E-state index contributed by atoms with van der Waals surface area (Å²) in [6, 6.07) is 0. The molecule has 0 aliphatic rings. The van der Waals surface area contributed by atoms with Gasteiger partial charge in [-0.3, -0.25) is 0 Å². The Hall–Kier alpha value is 0.759. The average molecular weight is 207 g/mol. The van der Waals surface area contributed by atoms with Gasteiger partial charge in [0.1, 0.15) is 0 Å². The van der Waals surface area contributed by atoms with Gasteiger partial charge in [0.25, 0.3) is 0 Å². The summed E-state index contributed by atoms with van der Waals surface area (Å²) < 4.78 is 5.24. The Bertz CT molecular complexity index is 27.3. The third kappa shape index (κ3) is 6.76. The van der Waals surface area contributed by atoms with Crippen LogP contribution in [0.1, 0.15) is 19.8 Å². The van der Waals surface area contributed by atoms with Crippen molar-refractivity contribution in [2.24, 2.45) is 0 Å². The van der Waals surface area contributed by atoms with Crippen molar-refractivity contribution >= 4 is 21.6 Å². The van der Waals surface area contributed by atoms with Crippen LogP contribution in [0.5, 0.6) is 0 Å². The molecule has 0 aliphatic heterocycles. The Morgan fingerprint density at radius 1 is 1.57 bits per heavy atom. The van der Waals surface area contributed by atoms with Crippen LogP contribution in [0.2, 0.25) is 4.94 Å². The fourth-order valence-corrected chi connectivity index (χ4v) is 1.31. The second-order valence-corrected chi connectivity index (χ2v) is 3.40. The van der Waals surface area contributed by atoms with Crippen molar-refractivity contribution < 1.29 is 3.07 Å². The molecule has 0 rings (SSSR count). The molecule has 0 aromatic carbocycles. The van der Waals surface area contributed by atoms with Gasteiger partial charge in [-0.05, 0) is 0 Å². The van der Waals surface area contributed by atoms with Gasteiger partial charge >= 0.3 is 55.9 Å². The predicted octanol–water partition coefficient (Wildman–Crippen LogP) is 1.47. The van der Waals surface area contributed by atoms with Crippen molar-refractivity contribution in [1.29, 1.82) is 0 Å². The Balaban J connectivity index is 2.45. The van der Waals surface area contributed by atoms with Gasteiger partial charge in [0.05, 0.1) is 0 Å². The molecule has 2 radical (unpaired) electrons. The first kappa shape index (κ1) is 7.76.